The molecule has 19 heavy (non-hydrogen) atoms. The van der Waals surface area contributed by atoms with Crippen molar-refractivity contribution in [2.24, 2.45) is 0 Å². The van der Waals surface area contributed by atoms with Gasteiger partial charge in [-0.1, -0.05) is 19.1 Å². The third-order valence-corrected chi connectivity index (χ3v) is 3.65. The van der Waals surface area contributed by atoms with Gasteiger partial charge in [0.15, 0.2) is 5.03 Å². The monoisotopic (exact) mass is 281 g/mol. The van der Waals surface area contributed by atoms with Crippen LogP contribution in [-0.4, -0.2) is 25.2 Å². The summed E-state index contributed by atoms with van der Waals surface area (Å²) in [7, 11) is -3.67. The van der Waals surface area contributed by atoms with Crippen LogP contribution in [0.15, 0.2) is 41.6 Å². The minimum atomic E-state index is -3.67. The first-order valence-electron chi connectivity index (χ1n) is 5.87. The molecule has 0 saturated carbocycles. The Kier molecular flexibility index (Phi) is 4.06. The van der Waals surface area contributed by atoms with E-state index in [-0.39, 0.29) is 5.03 Å². The molecule has 6 nitrogen and oxygen atoms in total. The van der Waals surface area contributed by atoms with Crippen LogP contribution in [0.4, 0.5) is 5.69 Å². The van der Waals surface area contributed by atoms with Gasteiger partial charge in [-0.15, -0.1) is 0 Å². The molecule has 102 valence electrons. The lowest BCUT2D eigenvalue weighted by Crippen LogP contribution is -2.14. The van der Waals surface area contributed by atoms with Crippen molar-refractivity contribution >= 4 is 15.7 Å². The number of benzene rings is 1. The zero-order valence-electron chi connectivity index (χ0n) is 10.5. The van der Waals surface area contributed by atoms with E-state index in [9.17, 15) is 8.42 Å². The van der Waals surface area contributed by atoms with Gasteiger partial charge < -0.3 is 4.74 Å². The number of para-hydroxylation sites is 2. The molecule has 1 aromatic carbocycles. The second kappa shape index (κ2) is 5.75. The van der Waals surface area contributed by atoms with Crippen LogP contribution in [-0.2, 0) is 10.0 Å². The van der Waals surface area contributed by atoms with E-state index in [1.54, 1.807) is 24.3 Å². The Morgan fingerprint density at radius 2 is 2.11 bits per heavy atom. The van der Waals surface area contributed by atoms with Crippen molar-refractivity contribution in [2.45, 2.75) is 18.4 Å². The Bertz CT molecular complexity index is 623. The summed E-state index contributed by atoms with van der Waals surface area (Å²) in [5.74, 6) is 0.507. The van der Waals surface area contributed by atoms with E-state index in [1.807, 2.05) is 6.92 Å². The molecule has 7 heteroatoms. The number of nitrogens with one attached hydrogen (secondary N) is 2. The predicted octanol–water partition coefficient (Wildman–Crippen LogP) is 2.00. The van der Waals surface area contributed by atoms with E-state index in [2.05, 4.69) is 14.9 Å². The van der Waals surface area contributed by atoms with E-state index < -0.39 is 10.0 Å². The fraction of sp³-hybridized carbons (Fsp3) is 0.250. The first-order valence-corrected chi connectivity index (χ1v) is 7.36. The van der Waals surface area contributed by atoms with Gasteiger partial charge in [0.2, 0.25) is 0 Å². The quantitative estimate of drug-likeness (QED) is 0.848. The lowest BCUT2D eigenvalue weighted by atomic mass is 10.3. The Hall–Kier alpha value is -2.02. The van der Waals surface area contributed by atoms with Crippen LogP contribution in [0.2, 0.25) is 0 Å². The summed E-state index contributed by atoms with van der Waals surface area (Å²) in [5.41, 5.74) is 0.408. The molecule has 0 atom stereocenters. The van der Waals surface area contributed by atoms with Crippen molar-refractivity contribution in [3.63, 3.8) is 0 Å². The highest BCUT2D eigenvalue weighted by atomic mass is 32.2. The molecular weight excluding hydrogens is 266 g/mol. The van der Waals surface area contributed by atoms with Crippen molar-refractivity contribution in [3.05, 3.63) is 36.5 Å². The van der Waals surface area contributed by atoms with E-state index in [4.69, 9.17) is 4.74 Å². The largest absolute Gasteiger partial charge is 0.491 e. The maximum atomic E-state index is 12.1. The number of H-pyrrole nitrogens is 1. The average molecular weight is 281 g/mol. The molecule has 2 rings (SSSR count). The minimum Gasteiger partial charge on any atom is -0.491 e. The number of sulfonamides is 1. The predicted molar refractivity (Wildman–Crippen MR) is 71.6 cm³/mol. The van der Waals surface area contributed by atoms with Crippen LogP contribution >= 0.6 is 0 Å². The lowest BCUT2D eigenvalue weighted by molar-refractivity contribution is 0.319. The number of nitrogens with zero attached hydrogens (tertiary/aromatic N) is 1. The van der Waals surface area contributed by atoms with Crippen molar-refractivity contribution in [1.29, 1.82) is 0 Å². The van der Waals surface area contributed by atoms with E-state index in [0.717, 1.165) is 6.42 Å². The average Bonchev–Trinajstić information content (AvgIpc) is 2.92. The molecule has 1 heterocycles. The molecule has 0 aliphatic rings. The molecule has 0 aliphatic heterocycles. The number of aromatic amines is 1. The van der Waals surface area contributed by atoms with Gasteiger partial charge in [-0.05, 0) is 24.6 Å². The summed E-state index contributed by atoms with van der Waals surface area (Å²) in [5, 5.41) is 6.06. The second-order valence-corrected chi connectivity index (χ2v) is 5.52. The zero-order valence-corrected chi connectivity index (χ0v) is 11.3. The van der Waals surface area contributed by atoms with Crippen molar-refractivity contribution < 1.29 is 13.2 Å². The Morgan fingerprint density at radius 3 is 2.79 bits per heavy atom. The molecule has 0 saturated heterocycles. The summed E-state index contributed by atoms with van der Waals surface area (Å²) < 4.78 is 32.1. The third-order valence-electron chi connectivity index (χ3n) is 2.36. The number of anilines is 1. The topological polar surface area (TPSA) is 84.1 Å². The van der Waals surface area contributed by atoms with E-state index in [1.165, 1.54) is 12.3 Å². The molecule has 0 amide bonds. The first kappa shape index (κ1) is 13.4. The molecule has 2 aromatic rings. The van der Waals surface area contributed by atoms with Gasteiger partial charge in [-0.25, -0.2) is 0 Å². The van der Waals surface area contributed by atoms with Crippen LogP contribution in [0.5, 0.6) is 5.75 Å². The molecular formula is C12H15N3O3S. The summed E-state index contributed by atoms with van der Waals surface area (Å²) >= 11 is 0. The molecule has 1 aromatic heterocycles. The maximum Gasteiger partial charge on any atom is 0.278 e. The molecule has 0 radical (unpaired) electrons. The zero-order chi connectivity index (χ0) is 13.7. The van der Waals surface area contributed by atoms with Gasteiger partial charge in [0.25, 0.3) is 10.0 Å². The number of hydrogen-bond donors (Lipinski definition) is 2. The molecule has 0 fully saturated rings. The summed E-state index contributed by atoms with van der Waals surface area (Å²) in [4.78, 5) is 0. The van der Waals surface area contributed by atoms with Gasteiger partial charge in [-0.3, -0.25) is 9.82 Å². The van der Waals surface area contributed by atoms with Gasteiger partial charge in [-0.2, -0.15) is 13.5 Å². The Labute approximate surface area is 111 Å². The molecule has 0 aliphatic carbocycles. The summed E-state index contributed by atoms with van der Waals surface area (Å²) in [6.07, 6.45) is 2.23. The van der Waals surface area contributed by atoms with Gasteiger partial charge in [0.05, 0.1) is 18.5 Å². The van der Waals surface area contributed by atoms with Crippen LogP contribution < -0.4 is 9.46 Å². The number of rotatable bonds is 6. The van der Waals surface area contributed by atoms with Crippen LogP contribution in [0.1, 0.15) is 13.3 Å². The van der Waals surface area contributed by atoms with Gasteiger partial charge in [0, 0.05) is 0 Å². The molecule has 0 unspecified atom stereocenters. The Balaban J connectivity index is 2.24. The molecule has 0 bridgehead atoms. The number of aromatic nitrogens is 2. The van der Waals surface area contributed by atoms with Crippen molar-refractivity contribution in [2.75, 3.05) is 11.3 Å². The summed E-state index contributed by atoms with van der Waals surface area (Å²) in [6.45, 7) is 2.51. The van der Waals surface area contributed by atoms with Crippen molar-refractivity contribution in [3.8, 4) is 5.75 Å². The fourth-order valence-corrected chi connectivity index (χ4v) is 2.46. The van der Waals surface area contributed by atoms with Gasteiger partial charge >= 0.3 is 0 Å². The Morgan fingerprint density at radius 1 is 1.32 bits per heavy atom. The third kappa shape index (κ3) is 3.25. The highest BCUT2D eigenvalue weighted by molar-refractivity contribution is 7.92. The summed E-state index contributed by atoms with van der Waals surface area (Å²) in [6, 6.07) is 8.29. The van der Waals surface area contributed by atoms with Crippen LogP contribution in [0.3, 0.4) is 0 Å². The lowest BCUT2D eigenvalue weighted by Gasteiger charge is -2.12. The highest BCUT2D eigenvalue weighted by Gasteiger charge is 2.17. The van der Waals surface area contributed by atoms with Crippen molar-refractivity contribution in [1.82, 2.24) is 10.2 Å². The molecule has 2 N–H and O–H groups in total. The first-order chi connectivity index (χ1) is 9.13. The molecule has 0 spiro atoms. The number of hydrogen-bond acceptors (Lipinski definition) is 4. The normalized spacial score (nSPS) is 11.2. The van der Waals surface area contributed by atoms with Crippen LogP contribution in [0.25, 0.3) is 0 Å². The smallest absolute Gasteiger partial charge is 0.278 e. The maximum absolute atomic E-state index is 12.1. The SMILES string of the molecule is CCCOc1ccccc1NS(=O)(=O)c1ccn[nH]1. The standard InChI is InChI=1S/C12H15N3O3S/c1-2-9-18-11-6-4-3-5-10(11)15-19(16,17)12-7-8-13-14-12/h3-8,15H,2,9H2,1H3,(H,13,14). The minimum absolute atomic E-state index is 0.0118. The van der Waals surface area contributed by atoms with E-state index >= 15 is 0 Å². The highest BCUT2D eigenvalue weighted by Crippen LogP contribution is 2.26. The van der Waals surface area contributed by atoms with Crippen LogP contribution in [0, 0.1) is 0 Å². The van der Waals surface area contributed by atoms with E-state index in [0.29, 0.717) is 18.0 Å². The second-order valence-electron chi connectivity index (χ2n) is 3.87. The van der Waals surface area contributed by atoms with Gasteiger partial charge in [0.1, 0.15) is 5.75 Å². The fourth-order valence-electron chi connectivity index (χ4n) is 1.48. The number of ether oxygens (including phenoxy) is 1.